The first-order valence-corrected chi connectivity index (χ1v) is 13.6. The number of aliphatic hydroxyl groups is 1. The minimum atomic E-state index is -0.449. The summed E-state index contributed by atoms with van der Waals surface area (Å²) >= 11 is 0. The van der Waals surface area contributed by atoms with E-state index in [1.165, 1.54) is 5.69 Å². The summed E-state index contributed by atoms with van der Waals surface area (Å²) in [6.45, 7) is 6.70. The van der Waals surface area contributed by atoms with Crippen molar-refractivity contribution in [3.8, 4) is 5.75 Å². The summed E-state index contributed by atoms with van der Waals surface area (Å²) in [5.74, 6) is 0.923. The number of benzene rings is 2. The van der Waals surface area contributed by atoms with E-state index in [2.05, 4.69) is 41.0 Å². The average Bonchev–Trinajstić information content (AvgIpc) is 3.19. The fraction of sp³-hybridized carbons (Fsp3) is 0.467. The van der Waals surface area contributed by atoms with Gasteiger partial charge in [-0.05, 0) is 61.7 Å². The van der Waals surface area contributed by atoms with E-state index < -0.39 is 6.10 Å². The summed E-state index contributed by atoms with van der Waals surface area (Å²) in [4.78, 5) is 25.4. The van der Waals surface area contributed by atoms with Gasteiger partial charge in [-0.1, -0.05) is 18.9 Å². The third-order valence-electron chi connectivity index (χ3n) is 8.57. The monoisotopic (exact) mass is 500 g/mol. The predicted octanol–water partition coefficient (Wildman–Crippen LogP) is 4.39. The molecular weight excluding hydrogens is 464 g/mol. The van der Waals surface area contributed by atoms with Gasteiger partial charge in [0.15, 0.2) is 0 Å². The zero-order chi connectivity index (χ0) is 25.5. The second-order valence-electron chi connectivity index (χ2n) is 10.7. The van der Waals surface area contributed by atoms with Crippen LogP contribution in [-0.4, -0.2) is 71.2 Å². The van der Waals surface area contributed by atoms with Crippen LogP contribution in [0.2, 0.25) is 0 Å². The normalized spacial score (nSPS) is 24.5. The molecule has 2 aromatic carbocycles. The molecule has 0 spiro atoms. The molecule has 7 heteroatoms. The van der Waals surface area contributed by atoms with Crippen molar-refractivity contribution >= 4 is 22.5 Å². The van der Waals surface area contributed by atoms with Gasteiger partial charge < -0.3 is 19.6 Å². The number of piperazine rings is 1. The summed E-state index contributed by atoms with van der Waals surface area (Å²) in [6.07, 6.45) is 5.10. The summed E-state index contributed by atoms with van der Waals surface area (Å²) in [5, 5.41) is 11.9. The van der Waals surface area contributed by atoms with E-state index in [1.54, 1.807) is 7.11 Å². The first-order valence-electron chi connectivity index (χ1n) is 13.6. The van der Waals surface area contributed by atoms with E-state index in [-0.39, 0.29) is 18.0 Å². The number of anilines is 1. The molecule has 1 aromatic heterocycles. The van der Waals surface area contributed by atoms with E-state index >= 15 is 0 Å². The molecule has 3 atom stereocenters. The van der Waals surface area contributed by atoms with Gasteiger partial charge in [-0.25, -0.2) is 0 Å². The van der Waals surface area contributed by atoms with Crippen molar-refractivity contribution in [1.82, 2.24) is 14.8 Å². The van der Waals surface area contributed by atoms with Crippen LogP contribution in [0, 0.1) is 0 Å². The fourth-order valence-corrected chi connectivity index (χ4v) is 6.57. The van der Waals surface area contributed by atoms with E-state index in [0.717, 1.165) is 91.7 Å². The van der Waals surface area contributed by atoms with Crippen LogP contribution in [0.3, 0.4) is 0 Å². The molecule has 3 aromatic rings. The van der Waals surface area contributed by atoms with Crippen LogP contribution < -0.4 is 9.64 Å². The van der Waals surface area contributed by atoms with Crippen molar-refractivity contribution in [3.63, 3.8) is 0 Å². The molecule has 6 rings (SSSR count). The fourth-order valence-electron chi connectivity index (χ4n) is 6.57. The molecule has 7 nitrogen and oxygen atoms in total. The molecule has 2 fully saturated rings. The molecule has 2 aliphatic heterocycles. The molecule has 3 heterocycles. The van der Waals surface area contributed by atoms with Gasteiger partial charge in [-0.2, -0.15) is 0 Å². The molecule has 3 unspecified atom stereocenters. The minimum absolute atomic E-state index is 0.0478. The largest absolute Gasteiger partial charge is 0.497 e. The van der Waals surface area contributed by atoms with Crippen LogP contribution in [0.25, 0.3) is 10.9 Å². The number of ether oxygens (including phenoxy) is 1. The Morgan fingerprint density at radius 2 is 1.81 bits per heavy atom. The highest BCUT2D eigenvalue weighted by Crippen LogP contribution is 2.42. The highest BCUT2D eigenvalue weighted by Gasteiger charge is 2.43. The van der Waals surface area contributed by atoms with Gasteiger partial charge in [0.05, 0.1) is 30.8 Å². The number of methoxy groups -OCH3 is 1. The Hall–Kier alpha value is -3.16. The number of carbonyl (C=O) groups excluding carboxylic acids is 1. The highest BCUT2D eigenvalue weighted by atomic mass is 16.5. The molecule has 0 bridgehead atoms. The summed E-state index contributed by atoms with van der Waals surface area (Å²) in [7, 11) is 1.69. The van der Waals surface area contributed by atoms with E-state index in [1.807, 2.05) is 29.3 Å². The number of amides is 1. The van der Waals surface area contributed by atoms with E-state index in [4.69, 9.17) is 9.72 Å². The zero-order valence-corrected chi connectivity index (χ0v) is 21.8. The lowest BCUT2D eigenvalue weighted by atomic mass is 9.90. The lowest BCUT2D eigenvalue weighted by Crippen LogP contribution is -2.46. The van der Waals surface area contributed by atoms with Crippen LogP contribution in [0.15, 0.2) is 48.7 Å². The summed E-state index contributed by atoms with van der Waals surface area (Å²) in [6, 6.07) is 14.3. The van der Waals surface area contributed by atoms with Gasteiger partial charge in [-0.3, -0.25) is 14.7 Å². The lowest BCUT2D eigenvalue weighted by molar-refractivity contribution is 0.00975. The van der Waals surface area contributed by atoms with E-state index in [0.29, 0.717) is 0 Å². The van der Waals surface area contributed by atoms with Crippen LogP contribution in [0.1, 0.15) is 60.1 Å². The standard InChI is InChI=1S/C30H36N4O3/c1-20-28-25(30(36)34(20)26-7-3-4-8-27(26)35)18-21(24-6-5-13-31-29(24)28)19-32-14-16-33(17-15-32)22-9-11-23(37-2)12-10-22/h5-6,9-13,18,20,26-27,35H,3-4,7-8,14-17,19H2,1-2H3. The Balaban J connectivity index is 1.24. The van der Waals surface area contributed by atoms with E-state index in [9.17, 15) is 9.90 Å². The number of aliphatic hydroxyl groups excluding tert-OH is 1. The van der Waals surface area contributed by atoms with Crippen molar-refractivity contribution < 1.29 is 14.6 Å². The number of hydrogen-bond donors (Lipinski definition) is 1. The van der Waals surface area contributed by atoms with Crippen molar-refractivity contribution in [1.29, 1.82) is 0 Å². The van der Waals surface area contributed by atoms with Gasteiger partial charge in [-0.15, -0.1) is 0 Å². The third-order valence-corrected chi connectivity index (χ3v) is 8.57. The molecule has 1 amide bonds. The smallest absolute Gasteiger partial charge is 0.255 e. The van der Waals surface area contributed by atoms with Gasteiger partial charge in [0.2, 0.25) is 0 Å². The van der Waals surface area contributed by atoms with Gasteiger partial charge in [0, 0.05) is 61.1 Å². The van der Waals surface area contributed by atoms with Crippen molar-refractivity contribution in [2.24, 2.45) is 0 Å². The topological polar surface area (TPSA) is 69.1 Å². The number of pyridine rings is 1. The quantitative estimate of drug-likeness (QED) is 0.561. The molecule has 1 saturated heterocycles. The number of hydrogen-bond acceptors (Lipinski definition) is 6. The van der Waals surface area contributed by atoms with Crippen molar-refractivity contribution in [2.75, 3.05) is 38.2 Å². The second-order valence-corrected chi connectivity index (χ2v) is 10.7. The summed E-state index contributed by atoms with van der Waals surface area (Å²) < 4.78 is 5.30. The van der Waals surface area contributed by atoms with Crippen molar-refractivity contribution in [2.45, 2.75) is 57.3 Å². The number of fused-ring (bicyclic) bond motifs is 3. The maximum absolute atomic E-state index is 13.7. The Bertz CT molecular complexity index is 1290. The Morgan fingerprint density at radius 1 is 1.05 bits per heavy atom. The van der Waals surface area contributed by atoms with Gasteiger partial charge in [0.1, 0.15) is 5.75 Å². The number of nitrogens with zero attached hydrogens (tertiary/aromatic N) is 4. The minimum Gasteiger partial charge on any atom is -0.497 e. The molecule has 3 aliphatic rings. The highest BCUT2D eigenvalue weighted by molar-refractivity contribution is 6.05. The third kappa shape index (κ3) is 4.34. The molecule has 1 saturated carbocycles. The van der Waals surface area contributed by atoms with Crippen LogP contribution >= 0.6 is 0 Å². The number of aromatic nitrogens is 1. The molecule has 194 valence electrons. The first-order chi connectivity index (χ1) is 18.0. The molecule has 0 radical (unpaired) electrons. The maximum atomic E-state index is 13.7. The van der Waals surface area contributed by atoms with Crippen LogP contribution in [0.4, 0.5) is 5.69 Å². The lowest BCUT2D eigenvalue weighted by Gasteiger charge is -2.37. The second kappa shape index (κ2) is 9.95. The zero-order valence-electron chi connectivity index (χ0n) is 21.8. The molecule has 1 aliphatic carbocycles. The van der Waals surface area contributed by atoms with Crippen LogP contribution in [0.5, 0.6) is 5.75 Å². The molecule has 37 heavy (non-hydrogen) atoms. The molecule has 1 N–H and O–H groups in total. The maximum Gasteiger partial charge on any atom is 0.255 e. The average molecular weight is 501 g/mol. The van der Waals surface area contributed by atoms with Gasteiger partial charge >= 0.3 is 0 Å². The Labute approximate surface area is 218 Å². The molecular formula is C30H36N4O3. The SMILES string of the molecule is COc1ccc(N2CCN(Cc3cc4c(c5ncccc35)C(C)N(C3CCCCC3O)C4=O)CC2)cc1. The summed E-state index contributed by atoms with van der Waals surface area (Å²) in [5.41, 5.74) is 5.10. The Morgan fingerprint density at radius 3 is 2.54 bits per heavy atom. The predicted molar refractivity (Wildman–Crippen MR) is 145 cm³/mol. The van der Waals surface area contributed by atoms with Crippen molar-refractivity contribution in [3.05, 3.63) is 65.4 Å². The van der Waals surface area contributed by atoms with Gasteiger partial charge in [0.25, 0.3) is 5.91 Å². The number of carbonyl (C=O) groups is 1. The van der Waals surface area contributed by atoms with Crippen LogP contribution in [-0.2, 0) is 6.54 Å². The first kappa shape index (κ1) is 24.2. The number of rotatable bonds is 5. The Kier molecular flexibility index (Phi) is 6.51.